The summed E-state index contributed by atoms with van der Waals surface area (Å²) in [5.41, 5.74) is 2.14. The van der Waals surface area contributed by atoms with E-state index in [-0.39, 0.29) is 17.3 Å². The van der Waals surface area contributed by atoms with Gasteiger partial charge in [-0.05, 0) is 29.8 Å². The third-order valence-electron chi connectivity index (χ3n) is 4.66. The summed E-state index contributed by atoms with van der Waals surface area (Å²) in [4.78, 5) is 15.0. The van der Waals surface area contributed by atoms with Crippen LogP contribution in [0.3, 0.4) is 0 Å². The molecule has 2 N–H and O–H groups in total. The fourth-order valence-electron chi connectivity index (χ4n) is 3.22. The molecule has 0 aromatic heterocycles. The number of carbonyl (C=O) groups excluding carboxylic acids is 1. The number of carbonyl (C=O) groups is 1. The molecular weight excluding hydrogens is 334 g/mol. The molecule has 3 aliphatic rings. The summed E-state index contributed by atoms with van der Waals surface area (Å²) in [6, 6.07) is 6.40. The van der Waals surface area contributed by atoms with Gasteiger partial charge in [0.05, 0.1) is 30.6 Å². The Labute approximate surface area is 151 Å². The predicted octanol–water partition coefficient (Wildman–Crippen LogP) is 2.30. The zero-order valence-electron chi connectivity index (χ0n) is 14.1. The van der Waals surface area contributed by atoms with E-state index in [4.69, 9.17) is 9.47 Å². The van der Waals surface area contributed by atoms with Crippen LogP contribution in [-0.2, 0) is 14.3 Å². The van der Waals surface area contributed by atoms with Gasteiger partial charge in [0.15, 0.2) is 11.9 Å². The van der Waals surface area contributed by atoms with Crippen LogP contribution in [0.25, 0.3) is 5.57 Å². The summed E-state index contributed by atoms with van der Waals surface area (Å²) in [6.45, 7) is 2.72. The van der Waals surface area contributed by atoms with Crippen LogP contribution < -0.4 is 0 Å². The Bertz CT molecular complexity index is 841. The van der Waals surface area contributed by atoms with Crippen molar-refractivity contribution in [2.75, 3.05) is 26.3 Å². The molecule has 26 heavy (non-hydrogen) atoms. The number of fused-ring (bicyclic) bond motifs is 1. The molecule has 4 rings (SSSR count). The number of phenols is 1. The van der Waals surface area contributed by atoms with Crippen LogP contribution in [0.4, 0.5) is 0 Å². The van der Waals surface area contributed by atoms with E-state index in [2.05, 4.69) is 4.90 Å². The molecule has 1 saturated heterocycles. The van der Waals surface area contributed by atoms with Gasteiger partial charge in [0.2, 0.25) is 0 Å². The van der Waals surface area contributed by atoms with Crippen LogP contribution in [0, 0.1) is 0 Å². The number of allylic oxidation sites excluding steroid dienone is 3. The molecule has 2 aliphatic heterocycles. The van der Waals surface area contributed by atoms with Crippen molar-refractivity contribution >= 4 is 11.4 Å². The average Bonchev–Trinajstić information content (AvgIpc) is 2.66. The maximum atomic E-state index is 12.9. The van der Waals surface area contributed by atoms with Gasteiger partial charge in [-0.1, -0.05) is 12.1 Å². The number of Topliss-reactive ketones (excluding diaryl/α,β-unsaturated/α-hetero) is 1. The van der Waals surface area contributed by atoms with E-state index < -0.39 is 6.10 Å². The lowest BCUT2D eigenvalue weighted by molar-refractivity contribution is -0.112. The second kappa shape index (κ2) is 6.72. The Morgan fingerprint density at radius 3 is 2.54 bits per heavy atom. The number of aliphatic hydroxyl groups is 1. The third-order valence-corrected chi connectivity index (χ3v) is 4.66. The zero-order chi connectivity index (χ0) is 18.1. The van der Waals surface area contributed by atoms with Gasteiger partial charge in [0.25, 0.3) is 0 Å². The van der Waals surface area contributed by atoms with Crippen LogP contribution in [-0.4, -0.2) is 53.3 Å². The first kappa shape index (κ1) is 16.5. The predicted molar refractivity (Wildman–Crippen MR) is 95.2 cm³/mol. The van der Waals surface area contributed by atoms with Gasteiger partial charge >= 0.3 is 0 Å². The number of hydrogen-bond acceptors (Lipinski definition) is 6. The van der Waals surface area contributed by atoms with E-state index in [0.717, 1.165) is 13.1 Å². The lowest BCUT2D eigenvalue weighted by Gasteiger charge is -2.32. The standard InChI is InChI=1S/C20H19NO5/c22-14-3-1-13(2-4-14)17-12-26-20-15(19(17)24)5-6-18(23)16(20)11-21-7-9-25-10-8-21/h1-6,11-12,20,22-23H,7-10H2/b16-11-. The van der Waals surface area contributed by atoms with Crippen LogP contribution in [0.1, 0.15) is 5.56 Å². The van der Waals surface area contributed by atoms with E-state index in [1.165, 1.54) is 24.5 Å². The maximum absolute atomic E-state index is 12.9. The van der Waals surface area contributed by atoms with Crippen LogP contribution in [0.2, 0.25) is 0 Å². The zero-order valence-corrected chi connectivity index (χ0v) is 14.1. The number of phenolic OH excluding ortho intramolecular Hbond substituents is 1. The lowest BCUT2D eigenvalue weighted by Crippen LogP contribution is -2.35. The minimum absolute atomic E-state index is 0.0968. The third kappa shape index (κ3) is 2.99. The molecule has 1 atom stereocenters. The number of hydrogen-bond donors (Lipinski definition) is 2. The first-order valence-corrected chi connectivity index (χ1v) is 8.48. The monoisotopic (exact) mass is 353 g/mol. The van der Waals surface area contributed by atoms with Crippen molar-refractivity contribution in [1.29, 1.82) is 0 Å². The quantitative estimate of drug-likeness (QED) is 0.849. The van der Waals surface area contributed by atoms with Gasteiger partial charge in [-0.15, -0.1) is 0 Å². The fraction of sp³-hybridized carbons (Fsp3) is 0.250. The smallest absolute Gasteiger partial charge is 0.196 e. The summed E-state index contributed by atoms with van der Waals surface area (Å²) < 4.78 is 11.2. The number of benzene rings is 1. The van der Waals surface area contributed by atoms with Crippen LogP contribution >= 0.6 is 0 Å². The summed E-state index contributed by atoms with van der Waals surface area (Å²) in [5, 5.41) is 19.7. The van der Waals surface area contributed by atoms with Crippen molar-refractivity contribution in [3.05, 3.63) is 71.3 Å². The van der Waals surface area contributed by atoms with Gasteiger partial charge < -0.3 is 24.6 Å². The average molecular weight is 353 g/mol. The number of ketones is 1. The molecule has 0 bridgehead atoms. The molecule has 2 heterocycles. The van der Waals surface area contributed by atoms with Gasteiger partial charge in [-0.25, -0.2) is 0 Å². The number of nitrogens with zero attached hydrogens (tertiary/aromatic N) is 1. The molecule has 1 aliphatic carbocycles. The Morgan fingerprint density at radius 1 is 1.08 bits per heavy atom. The summed E-state index contributed by atoms with van der Waals surface area (Å²) >= 11 is 0. The number of ether oxygens (including phenoxy) is 2. The highest BCUT2D eigenvalue weighted by atomic mass is 16.5. The van der Waals surface area contributed by atoms with E-state index in [1.54, 1.807) is 18.2 Å². The summed E-state index contributed by atoms with van der Waals surface area (Å²) in [5.74, 6) is 0.0833. The number of aromatic hydroxyl groups is 1. The molecular formula is C20H19NO5. The molecule has 1 aromatic rings. The van der Waals surface area contributed by atoms with Crippen LogP contribution in [0.5, 0.6) is 5.75 Å². The van der Waals surface area contributed by atoms with Crippen molar-refractivity contribution in [2.24, 2.45) is 0 Å². The van der Waals surface area contributed by atoms with Crippen molar-refractivity contribution < 1.29 is 24.5 Å². The fourth-order valence-corrected chi connectivity index (χ4v) is 3.22. The molecule has 1 aromatic carbocycles. The Morgan fingerprint density at radius 2 is 1.81 bits per heavy atom. The van der Waals surface area contributed by atoms with Crippen molar-refractivity contribution in [3.8, 4) is 5.75 Å². The van der Waals surface area contributed by atoms with E-state index in [1.807, 2.05) is 6.20 Å². The van der Waals surface area contributed by atoms with Crippen molar-refractivity contribution in [1.82, 2.24) is 4.90 Å². The second-order valence-electron chi connectivity index (χ2n) is 6.33. The molecule has 6 heteroatoms. The van der Waals surface area contributed by atoms with Gasteiger partial charge in [-0.3, -0.25) is 4.79 Å². The highest BCUT2D eigenvalue weighted by Gasteiger charge is 2.36. The number of aliphatic hydroxyl groups excluding tert-OH is 1. The van der Waals surface area contributed by atoms with Gasteiger partial charge in [0, 0.05) is 24.9 Å². The first-order chi connectivity index (χ1) is 12.6. The Kier molecular flexibility index (Phi) is 4.26. The number of morpholine rings is 1. The summed E-state index contributed by atoms with van der Waals surface area (Å²) in [6.07, 6.45) is 5.78. The van der Waals surface area contributed by atoms with Crippen LogP contribution in [0.15, 0.2) is 65.8 Å². The molecule has 6 nitrogen and oxygen atoms in total. The molecule has 0 saturated carbocycles. The summed E-state index contributed by atoms with van der Waals surface area (Å²) in [7, 11) is 0. The topological polar surface area (TPSA) is 79.2 Å². The SMILES string of the molecule is O=C1C(c2ccc(O)cc2)=COC2C1=CC=C(O)/C2=C/N1CCOCC1. The van der Waals surface area contributed by atoms with E-state index in [9.17, 15) is 15.0 Å². The highest BCUT2D eigenvalue weighted by Crippen LogP contribution is 2.35. The van der Waals surface area contributed by atoms with Gasteiger partial charge in [0.1, 0.15) is 11.5 Å². The molecule has 1 unspecified atom stereocenters. The molecule has 0 amide bonds. The second-order valence-corrected chi connectivity index (χ2v) is 6.33. The minimum atomic E-state index is -0.629. The molecule has 0 radical (unpaired) electrons. The normalized spacial score (nSPS) is 24.4. The highest BCUT2D eigenvalue weighted by molar-refractivity contribution is 6.29. The van der Waals surface area contributed by atoms with E-state index in [0.29, 0.717) is 35.5 Å². The molecule has 1 fully saturated rings. The van der Waals surface area contributed by atoms with Crippen molar-refractivity contribution in [3.63, 3.8) is 0 Å². The molecule has 0 spiro atoms. The molecule has 134 valence electrons. The van der Waals surface area contributed by atoms with E-state index >= 15 is 0 Å². The van der Waals surface area contributed by atoms with Crippen molar-refractivity contribution in [2.45, 2.75) is 6.10 Å². The number of rotatable bonds is 2. The largest absolute Gasteiger partial charge is 0.508 e. The first-order valence-electron chi connectivity index (χ1n) is 8.48. The maximum Gasteiger partial charge on any atom is 0.196 e. The van der Waals surface area contributed by atoms with Gasteiger partial charge in [-0.2, -0.15) is 0 Å². The Balaban J connectivity index is 1.65. The Hall–Kier alpha value is -2.99. The minimum Gasteiger partial charge on any atom is -0.508 e. The lowest BCUT2D eigenvalue weighted by atomic mass is 9.86.